The summed E-state index contributed by atoms with van der Waals surface area (Å²) in [7, 11) is 0. The molecule has 1 aromatic heterocycles. The summed E-state index contributed by atoms with van der Waals surface area (Å²) in [5.41, 5.74) is 2.59. The maximum Gasteiger partial charge on any atom is 0.328 e. The Kier molecular flexibility index (Phi) is 7.27. The van der Waals surface area contributed by atoms with Gasteiger partial charge in [-0.1, -0.05) is 48.5 Å². The molecule has 28 heavy (non-hydrogen) atoms. The lowest BCUT2D eigenvalue weighted by Gasteiger charge is -2.11. The van der Waals surface area contributed by atoms with Crippen molar-refractivity contribution in [1.29, 1.82) is 0 Å². The number of carbonyl (C=O) groups is 1. The SMILES string of the molecule is O=C(O)/C=C/c1nc(CSc2ccccc2)ccc1OCCc1ccccc1. The number of hydrogen-bond donors (Lipinski definition) is 1. The molecule has 0 bridgehead atoms. The van der Waals surface area contributed by atoms with Crippen LogP contribution in [0.4, 0.5) is 0 Å². The first-order valence-electron chi connectivity index (χ1n) is 8.96. The molecule has 3 aromatic rings. The van der Waals surface area contributed by atoms with Gasteiger partial charge in [-0.3, -0.25) is 0 Å². The van der Waals surface area contributed by atoms with Gasteiger partial charge >= 0.3 is 5.97 Å². The first kappa shape index (κ1) is 19.7. The highest BCUT2D eigenvalue weighted by Gasteiger charge is 2.07. The molecule has 142 valence electrons. The number of carboxylic acid groups (broad SMARTS) is 1. The topological polar surface area (TPSA) is 59.4 Å². The van der Waals surface area contributed by atoms with Gasteiger partial charge in [0.25, 0.3) is 0 Å². The molecule has 4 nitrogen and oxygen atoms in total. The molecule has 0 aliphatic rings. The molecule has 1 heterocycles. The molecule has 0 aliphatic carbocycles. The molecular formula is C23H21NO3S. The Hall–Kier alpha value is -3.05. The van der Waals surface area contributed by atoms with Crippen molar-refractivity contribution < 1.29 is 14.6 Å². The quantitative estimate of drug-likeness (QED) is 0.406. The number of nitrogens with zero attached hydrogens (tertiary/aromatic N) is 1. The van der Waals surface area contributed by atoms with Gasteiger partial charge in [-0.05, 0) is 35.9 Å². The average molecular weight is 391 g/mol. The van der Waals surface area contributed by atoms with Gasteiger partial charge in [0.1, 0.15) is 11.4 Å². The van der Waals surface area contributed by atoms with Crippen LogP contribution >= 0.6 is 11.8 Å². The fourth-order valence-corrected chi connectivity index (χ4v) is 3.40. The third-order valence-corrected chi connectivity index (χ3v) is 4.99. The maximum absolute atomic E-state index is 10.9. The Morgan fingerprint density at radius 2 is 1.71 bits per heavy atom. The lowest BCUT2D eigenvalue weighted by molar-refractivity contribution is -0.131. The van der Waals surface area contributed by atoms with Gasteiger partial charge in [-0.15, -0.1) is 11.8 Å². The highest BCUT2D eigenvalue weighted by Crippen LogP contribution is 2.25. The summed E-state index contributed by atoms with van der Waals surface area (Å²) in [6.45, 7) is 0.498. The second-order valence-corrected chi connectivity index (χ2v) is 7.09. The lowest BCUT2D eigenvalue weighted by atomic mass is 10.2. The number of benzene rings is 2. The Morgan fingerprint density at radius 1 is 1.00 bits per heavy atom. The summed E-state index contributed by atoms with van der Waals surface area (Å²) >= 11 is 1.68. The maximum atomic E-state index is 10.9. The number of rotatable bonds is 9. The standard InChI is InChI=1S/C23H21NO3S/c25-23(26)14-12-21-22(27-16-15-18-7-3-1-4-8-18)13-11-19(24-21)17-28-20-9-5-2-6-10-20/h1-14H,15-17H2,(H,25,26)/b14-12+. The fraction of sp³-hybridized carbons (Fsp3) is 0.130. The van der Waals surface area contributed by atoms with Gasteiger partial charge in [0.2, 0.25) is 0 Å². The predicted octanol–water partition coefficient (Wildman–Crippen LogP) is 5.09. The van der Waals surface area contributed by atoms with Crippen molar-refractivity contribution in [2.45, 2.75) is 17.1 Å². The normalized spacial score (nSPS) is 10.9. The van der Waals surface area contributed by atoms with E-state index in [-0.39, 0.29) is 0 Å². The highest BCUT2D eigenvalue weighted by molar-refractivity contribution is 7.98. The molecule has 0 aliphatic heterocycles. The van der Waals surface area contributed by atoms with E-state index in [9.17, 15) is 4.79 Å². The van der Waals surface area contributed by atoms with Crippen molar-refractivity contribution in [3.63, 3.8) is 0 Å². The first-order chi connectivity index (χ1) is 13.7. The molecule has 1 N–H and O–H groups in total. The number of carboxylic acids is 1. The minimum absolute atomic E-state index is 0.498. The van der Waals surface area contributed by atoms with E-state index >= 15 is 0 Å². The van der Waals surface area contributed by atoms with Crippen LogP contribution in [-0.2, 0) is 17.0 Å². The average Bonchev–Trinajstić information content (AvgIpc) is 2.73. The van der Waals surface area contributed by atoms with Crippen molar-refractivity contribution in [2.75, 3.05) is 6.61 Å². The molecule has 0 spiro atoms. The minimum Gasteiger partial charge on any atom is -0.491 e. The van der Waals surface area contributed by atoms with E-state index in [0.29, 0.717) is 23.8 Å². The van der Waals surface area contributed by atoms with Crippen molar-refractivity contribution in [2.24, 2.45) is 0 Å². The van der Waals surface area contributed by atoms with E-state index in [2.05, 4.69) is 29.2 Å². The number of ether oxygens (including phenoxy) is 1. The van der Waals surface area contributed by atoms with Crippen LogP contribution in [0.15, 0.2) is 83.8 Å². The van der Waals surface area contributed by atoms with Crippen LogP contribution in [0.5, 0.6) is 5.75 Å². The zero-order valence-corrected chi connectivity index (χ0v) is 16.1. The molecule has 3 rings (SSSR count). The summed E-state index contributed by atoms with van der Waals surface area (Å²) in [5, 5.41) is 8.95. The number of aromatic nitrogens is 1. The third-order valence-electron chi connectivity index (χ3n) is 3.95. The molecular weight excluding hydrogens is 370 g/mol. The van der Waals surface area contributed by atoms with Crippen LogP contribution in [-0.4, -0.2) is 22.7 Å². The Bertz CT molecular complexity index is 927. The Morgan fingerprint density at radius 3 is 2.43 bits per heavy atom. The molecule has 0 fully saturated rings. The van der Waals surface area contributed by atoms with Crippen molar-refractivity contribution >= 4 is 23.8 Å². The molecule has 2 aromatic carbocycles. The third kappa shape index (κ3) is 6.28. The molecule has 0 atom stereocenters. The van der Waals surface area contributed by atoms with Crippen LogP contribution < -0.4 is 4.74 Å². The first-order valence-corrected chi connectivity index (χ1v) is 9.95. The summed E-state index contributed by atoms with van der Waals surface area (Å²) < 4.78 is 5.88. The summed E-state index contributed by atoms with van der Waals surface area (Å²) in [4.78, 5) is 16.7. The molecule has 5 heteroatoms. The van der Waals surface area contributed by atoms with E-state index in [0.717, 1.165) is 23.1 Å². The van der Waals surface area contributed by atoms with Crippen molar-refractivity contribution in [3.8, 4) is 5.75 Å². The Labute approximate surface area is 168 Å². The number of hydrogen-bond acceptors (Lipinski definition) is 4. The second-order valence-electron chi connectivity index (χ2n) is 6.04. The number of thioether (sulfide) groups is 1. The Balaban J connectivity index is 1.68. The summed E-state index contributed by atoms with van der Waals surface area (Å²) in [5.74, 6) is 0.269. The van der Waals surface area contributed by atoms with E-state index in [1.807, 2.05) is 48.5 Å². The number of pyridine rings is 1. The van der Waals surface area contributed by atoms with Gasteiger partial charge in [-0.2, -0.15) is 0 Å². The molecule has 0 radical (unpaired) electrons. The van der Waals surface area contributed by atoms with Crippen LogP contribution in [0.2, 0.25) is 0 Å². The van der Waals surface area contributed by atoms with Crippen LogP contribution in [0.3, 0.4) is 0 Å². The van der Waals surface area contributed by atoms with E-state index < -0.39 is 5.97 Å². The largest absolute Gasteiger partial charge is 0.491 e. The highest BCUT2D eigenvalue weighted by atomic mass is 32.2. The summed E-state index contributed by atoms with van der Waals surface area (Å²) in [6, 6.07) is 24.0. The minimum atomic E-state index is -1.01. The summed E-state index contributed by atoms with van der Waals surface area (Å²) in [6.07, 6.45) is 3.34. The van der Waals surface area contributed by atoms with Crippen LogP contribution in [0.1, 0.15) is 17.0 Å². The molecule has 0 amide bonds. The smallest absolute Gasteiger partial charge is 0.328 e. The lowest BCUT2D eigenvalue weighted by Crippen LogP contribution is -2.04. The van der Waals surface area contributed by atoms with Gasteiger partial charge in [-0.25, -0.2) is 9.78 Å². The van der Waals surface area contributed by atoms with Gasteiger partial charge in [0, 0.05) is 23.1 Å². The zero-order valence-electron chi connectivity index (χ0n) is 15.3. The van der Waals surface area contributed by atoms with Gasteiger partial charge < -0.3 is 9.84 Å². The van der Waals surface area contributed by atoms with E-state index in [1.54, 1.807) is 11.8 Å². The van der Waals surface area contributed by atoms with E-state index in [1.165, 1.54) is 11.6 Å². The van der Waals surface area contributed by atoms with Crippen LogP contribution in [0, 0.1) is 0 Å². The zero-order chi connectivity index (χ0) is 19.6. The van der Waals surface area contributed by atoms with Crippen molar-refractivity contribution in [3.05, 3.63) is 95.8 Å². The van der Waals surface area contributed by atoms with Gasteiger partial charge in [0.05, 0.1) is 12.3 Å². The predicted molar refractivity (Wildman–Crippen MR) is 113 cm³/mol. The second kappa shape index (κ2) is 10.3. The monoisotopic (exact) mass is 391 g/mol. The molecule has 0 saturated heterocycles. The van der Waals surface area contributed by atoms with Crippen molar-refractivity contribution in [1.82, 2.24) is 4.98 Å². The molecule has 0 saturated carbocycles. The van der Waals surface area contributed by atoms with Gasteiger partial charge in [0.15, 0.2) is 0 Å². The number of aliphatic carboxylic acids is 1. The fourth-order valence-electron chi connectivity index (χ4n) is 2.57. The molecule has 0 unspecified atom stereocenters. The van der Waals surface area contributed by atoms with Crippen LogP contribution in [0.25, 0.3) is 6.08 Å². The van der Waals surface area contributed by atoms with E-state index in [4.69, 9.17) is 9.84 Å².